The molecule has 8 heteroatoms. The van der Waals surface area contributed by atoms with Crippen LogP contribution in [0.25, 0.3) is 0 Å². The Hall–Kier alpha value is -0.655. The largest absolute Gasteiger partial charge is 0.404 e. The van der Waals surface area contributed by atoms with Gasteiger partial charge in [-0.15, -0.1) is 0 Å². The zero-order valence-corrected chi connectivity index (χ0v) is 12.1. The van der Waals surface area contributed by atoms with Crippen molar-refractivity contribution in [2.24, 2.45) is 0 Å². The van der Waals surface area contributed by atoms with Crippen LogP contribution in [-0.4, -0.2) is 43.4 Å². The Labute approximate surface area is 116 Å². The molecule has 0 rings (SSSR count). The van der Waals surface area contributed by atoms with E-state index < -0.39 is 25.2 Å². The number of alkyl halides is 6. The van der Waals surface area contributed by atoms with Crippen molar-refractivity contribution in [3.8, 4) is 0 Å². The molecule has 1 nitrogen and oxygen atoms in total. The maximum atomic E-state index is 12.5. The number of nitrogens with zero attached hydrogens (tertiary/aromatic N) is 1. The van der Waals surface area contributed by atoms with Crippen LogP contribution in [0, 0.1) is 0 Å². The smallest absolute Gasteiger partial charge is 0.300 e. The van der Waals surface area contributed by atoms with Crippen molar-refractivity contribution in [1.29, 1.82) is 0 Å². The Morgan fingerprint density at radius 3 is 1.55 bits per heavy atom. The lowest BCUT2D eigenvalue weighted by Gasteiger charge is -2.23. The van der Waals surface area contributed by atoms with Crippen molar-refractivity contribution >= 4 is 6.71 Å². The fraction of sp³-hybridized carbons (Fsp3) is 0.833. The van der Waals surface area contributed by atoms with Gasteiger partial charge in [-0.05, 0) is 33.3 Å². The molecular formula is C12H20BF6N. The van der Waals surface area contributed by atoms with Crippen LogP contribution in [0.1, 0.15) is 27.7 Å². The molecule has 118 valence electrons. The third-order valence-electron chi connectivity index (χ3n) is 3.38. The summed E-state index contributed by atoms with van der Waals surface area (Å²) in [5, 5.41) is 0. The van der Waals surface area contributed by atoms with E-state index in [1.54, 1.807) is 6.92 Å². The summed E-state index contributed by atoms with van der Waals surface area (Å²) in [6.07, 6.45) is -11.6. The second-order valence-corrected chi connectivity index (χ2v) is 4.86. The van der Waals surface area contributed by atoms with Gasteiger partial charge in [0.05, 0.1) is 0 Å². The van der Waals surface area contributed by atoms with Crippen LogP contribution in [0.15, 0.2) is 11.1 Å². The Bertz CT molecular complexity index is 316. The lowest BCUT2D eigenvalue weighted by molar-refractivity contribution is -0.104. The molecule has 0 amide bonds. The molecular weight excluding hydrogens is 283 g/mol. The molecule has 0 aromatic rings. The minimum absolute atomic E-state index is 0.150. The molecule has 0 spiro atoms. The standard InChI is InChI=1S/C12H20BF6N/c1-5-20(6-2)8-10(4)9(3)7-13(11(14,15)16)12(17,18)19/h5-8H2,1-4H3/b10-9-. The van der Waals surface area contributed by atoms with Crippen molar-refractivity contribution in [2.75, 3.05) is 19.6 Å². The monoisotopic (exact) mass is 303 g/mol. The molecule has 0 saturated carbocycles. The van der Waals surface area contributed by atoms with E-state index in [0.29, 0.717) is 25.2 Å². The van der Waals surface area contributed by atoms with E-state index in [0.717, 1.165) is 0 Å². The molecule has 0 saturated heterocycles. The third kappa shape index (κ3) is 6.20. The van der Waals surface area contributed by atoms with Crippen molar-refractivity contribution in [3.05, 3.63) is 11.1 Å². The quantitative estimate of drug-likeness (QED) is 0.400. The molecule has 0 atom stereocenters. The summed E-state index contributed by atoms with van der Waals surface area (Å²) in [7, 11) is 0. The second kappa shape index (κ2) is 7.38. The minimum atomic E-state index is -5.27. The maximum Gasteiger partial charge on any atom is 0.404 e. The van der Waals surface area contributed by atoms with E-state index in [1.807, 2.05) is 18.7 Å². The van der Waals surface area contributed by atoms with Crippen molar-refractivity contribution in [1.82, 2.24) is 4.90 Å². The first-order valence-electron chi connectivity index (χ1n) is 6.44. The van der Waals surface area contributed by atoms with Crippen LogP contribution in [0.3, 0.4) is 0 Å². The van der Waals surface area contributed by atoms with Crippen LogP contribution in [0.5, 0.6) is 0 Å². The molecule has 0 radical (unpaired) electrons. The second-order valence-electron chi connectivity index (χ2n) is 4.86. The van der Waals surface area contributed by atoms with E-state index in [2.05, 4.69) is 0 Å². The number of allylic oxidation sites excluding steroid dienone is 1. The Kier molecular flexibility index (Phi) is 7.14. The fourth-order valence-electron chi connectivity index (χ4n) is 1.82. The maximum absolute atomic E-state index is 12.5. The number of hydrogen-bond acceptors (Lipinski definition) is 1. The zero-order valence-electron chi connectivity index (χ0n) is 12.1. The topological polar surface area (TPSA) is 3.24 Å². The summed E-state index contributed by atoms with van der Waals surface area (Å²) in [5.74, 6) is 0. The van der Waals surface area contributed by atoms with E-state index in [1.165, 1.54) is 6.92 Å². The lowest BCUT2D eigenvalue weighted by Crippen LogP contribution is -2.47. The number of rotatable bonds is 6. The van der Waals surface area contributed by atoms with Gasteiger partial charge in [-0.25, -0.2) is 0 Å². The van der Waals surface area contributed by atoms with Gasteiger partial charge in [0.15, 0.2) is 0 Å². The molecule has 0 fully saturated rings. The van der Waals surface area contributed by atoms with Gasteiger partial charge in [0.25, 0.3) is 0 Å². The van der Waals surface area contributed by atoms with E-state index in [4.69, 9.17) is 0 Å². The normalized spacial score (nSPS) is 14.6. The van der Waals surface area contributed by atoms with E-state index in [-0.39, 0.29) is 5.57 Å². The predicted molar refractivity (Wildman–Crippen MR) is 68.8 cm³/mol. The molecule has 20 heavy (non-hydrogen) atoms. The molecule has 0 bridgehead atoms. The number of likely N-dealkylation sites (N-methyl/N-ethyl adjacent to an activating group) is 1. The summed E-state index contributed by atoms with van der Waals surface area (Å²) in [6.45, 7) is 5.19. The number of hydrogen-bond donors (Lipinski definition) is 0. The van der Waals surface area contributed by atoms with Crippen LogP contribution in [0.2, 0.25) is 6.32 Å². The van der Waals surface area contributed by atoms with Gasteiger partial charge in [-0.1, -0.05) is 25.0 Å². The van der Waals surface area contributed by atoms with Crippen LogP contribution < -0.4 is 0 Å². The highest BCUT2D eigenvalue weighted by molar-refractivity contribution is 6.63. The third-order valence-corrected chi connectivity index (χ3v) is 3.38. The summed E-state index contributed by atoms with van der Waals surface area (Å²) in [4.78, 5) is 1.94. The zero-order chi connectivity index (χ0) is 16.1. The predicted octanol–water partition coefficient (Wildman–Crippen LogP) is 4.36. The van der Waals surface area contributed by atoms with Crippen LogP contribution in [0.4, 0.5) is 26.3 Å². The average Bonchev–Trinajstić information content (AvgIpc) is 2.29. The summed E-state index contributed by atoms with van der Waals surface area (Å²) in [6, 6.07) is 0. The van der Waals surface area contributed by atoms with E-state index >= 15 is 0 Å². The molecule has 0 unspecified atom stereocenters. The molecule has 0 N–H and O–H groups in total. The van der Waals surface area contributed by atoms with Gasteiger partial charge < -0.3 is 0 Å². The molecule has 0 aliphatic rings. The molecule has 0 heterocycles. The van der Waals surface area contributed by atoms with Gasteiger partial charge in [0.1, 0.15) is 0 Å². The van der Waals surface area contributed by atoms with Gasteiger partial charge in [-0.2, -0.15) is 26.3 Å². The average molecular weight is 303 g/mol. The fourth-order valence-corrected chi connectivity index (χ4v) is 1.82. The summed E-state index contributed by atoms with van der Waals surface area (Å²) < 4.78 is 74.9. The van der Waals surface area contributed by atoms with Crippen LogP contribution in [-0.2, 0) is 0 Å². The van der Waals surface area contributed by atoms with E-state index in [9.17, 15) is 26.3 Å². The van der Waals surface area contributed by atoms with Gasteiger partial charge >= 0.3 is 18.9 Å². The molecule has 0 aliphatic heterocycles. The van der Waals surface area contributed by atoms with Crippen molar-refractivity contribution in [3.63, 3.8) is 0 Å². The molecule has 0 aromatic heterocycles. The van der Waals surface area contributed by atoms with Crippen molar-refractivity contribution < 1.29 is 26.3 Å². The van der Waals surface area contributed by atoms with Gasteiger partial charge in [-0.3, -0.25) is 4.90 Å². The Morgan fingerprint density at radius 1 is 0.850 bits per heavy atom. The summed E-state index contributed by atoms with van der Waals surface area (Å²) in [5.41, 5.74) is 0.712. The SMILES string of the molecule is CCN(CC)C/C(C)=C(/C)CB(C(F)(F)F)C(F)(F)F. The first kappa shape index (κ1) is 19.3. The van der Waals surface area contributed by atoms with Crippen molar-refractivity contribution in [2.45, 2.75) is 46.2 Å². The Balaban J connectivity index is 5.04. The molecule has 0 aliphatic carbocycles. The lowest BCUT2D eigenvalue weighted by atomic mass is 9.44. The highest BCUT2D eigenvalue weighted by atomic mass is 19.4. The first-order chi connectivity index (χ1) is 8.93. The Morgan fingerprint density at radius 2 is 1.25 bits per heavy atom. The summed E-state index contributed by atoms with van der Waals surface area (Å²) >= 11 is 0. The highest BCUT2D eigenvalue weighted by Gasteiger charge is 2.60. The van der Waals surface area contributed by atoms with Gasteiger partial charge in [0.2, 0.25) is 0 Å². The first-order valence-corrected chi connectivity index (χ1v) is 6.44. The van der Waals surface area contributed by atoms with Gasteiger partial charge in [0, 0.05) is 6.54 Å². The van der Waals surface area contributed by atoms with Crippen LogP contribution >= 0.6 is 0 Å². The minimum Gasteiger partial charge on any atom is -0.300 e. The highest BCUT2D eigenvalue weighted by Crippen LogP contribution is 2.36. The number of halogens is 6. The molecule has 0 aromatic carbocycles.